The van der Waals surface area contributed by atoms with Crippen LogP contribution in [-0.2, 0) is 14.3 Å². The first-order chi connectivity index (χ1) is 14.0. The maximum Gasteiger partial charge on any atom is 0.334 e. The van der Waals surface area contributed by atoms with Gasteiger partial charge < -0.3 is 15.2 Å². The van der Waals surface area contributed by atoms with Crippen LogP contribution < -0.4 is 5.32 Å². The van der Waals surface area contributed by atoms with E-state index in [2.05, 4.69) is 36.1 Å². The highest BCUT2D eigenvalue weighted by atomic mass is 16.5. The van der Waals surface area contributed by atoms with Gasteiger partial charge in [-0.15, -0.1) is 0 Å². The van der Waals surface area contributed by atoms with E-state index in [0.29, 0.717) is 30.5 Å². The van der Waals surface area contributed by atoms with Gasteiger partial charge in [0.05, 0.1) is 7.11 Å². The van der Waals surface area contributed by atoms with Crippen LogP contribution >= 0.6 is 0 Å². The first-order valence-electron chi connectivity index (χ1n) is 11.7. The molecule has 29 heavy (non-hydrogen) atoms. The number of methoxy groups -OCH3 is 1. The van der Waals surface area contributed by atoms with Crippen molar-refractivity contribution in [3.8, 4) is 0 Å². The van der Waals surface area contributed by atoms with Crippen LogP contribution in [0.5, 0.6) is 0 Å². The molecule has 0 aromatic carbocycles. The van der Waals surface area contributed by atoms with Gasteiger partial charge in [-0.2, -0.15) is 0 Å². The Hall–Kier alpha value is -1.20. The number of hydrogen-bond donors (Lipinski definition) is 2. The van der Waals surface area contributed by atoms with Crippen LogP contribution in [-0.4, -0.2) is 43.2 Å². The van der Waals surface area contributed by atoms with E-state index in [1.807, 2.05) is 0 Å². The van der Waals surface area contributed by atoms with Gasteiger partial charge in [0.2, 0.25) is 0 Å². The third kappa shape index (κ3) is 9.90. The lowest BCUT2D eigenvalue weighted by Gasteiger charge is -2.21. The lowest BCUT2D eigenvalue weighted by atomic mass is 9.85. The number of allylic oxidation sites excluding steroid dienone is 2. The minimum atomic E-state index is -1.03. The van der Waals surface area contributed by atoms with Gasteiger partial charge in [0, 0.05) is 12.3 Å². The molecular formula is C24H43NO4. The van der Waals surface area contributed by atoms with E-state index in [4.69, 9.17) is 0 Å². The van der Waals surface area contributed by atoms with Gasteiger partial charge in [0.1, 0.15) is 5.78 Å². The molecule has 0 bridgehead atoms. The van der Waals surface area contributed by atoms with Crippen LogP contribution in [0.25, 0.3) is 0 Å². The summed E-state index contributed by atoms with van der Waals surface area (Å²) in [6.45, 7) is 6.18. The molecule has 0 amide bonds. The summed E-state index contributed by atoms with van der Waals surface area (Å²) < 4.78 is 4.54. The van der Waals surface area contributed by atoms with Gasteiger partial charge in [-0.05, 0) is 50.6 Å². The minimum absolute atomic E-state index is 0.121. The van der Waals surface area contributed by atoms with Crippen LogP contribution in [0.2, 0.25) is 0 Å². The Balaban J connectivity index is 2.49. The van der Waals surface area contributed by atoms with E-state index in [1.54, 1.807) is 0 Å². The van der Waals surface area contributed by atoms with Crippen LogP contribution in [0, 0.1) is 17.8 Å². The number of aliphatic hydroxyl groups excluding tert-OH is 1. The normalized spacial score (nSPS) is 23.0. The number of carbonyl (C=O) groups excluding carboxylic acids is 2. The zero-order valence-corrected chi connectivity index (χ0v) is 18.8. The molecule has 0 saturated heterocycles. The lowest BCUT2D eigenvalue weighted by Crippen LogP contribution is -2.26. The number of aliphatic hydroxyl groups is 1. The predicted octanol–water partition coefficient (Wildman–Crippen LogP) is 4.43. The molecule has 0 aromatic heterocycles. The Kier molecular flexibility index (Phi) is 13.9. The van der Waals surface area contributed by atoms with Crippen molar-refractivity contribution in [2.75, 3.05) is 20.2 Å². The molecule has 0 spiro atoms. The molecule has 0 aromatic rings. The number of ketones is 1. The van der Waals surface area contributed by atoms with Gasteiger partial charge in [-0.25, -0.2) is 4.79 Å². The number of unbranched alkanes of at least 4 members (excludes halogenated alkanes) is 6. The summed E-state index contributed by atoms with van der Waals surface area (Å²) in [7, 11) is 1.29. The molecule has 1 aliphatic carbocycles. The number of hydrogen-bond acceptors (Lipinski definition) is 5. The van der Waals surface area contributed by atoms with Crippen molar-refractivity contribution in [3.63, 3.8) is 0 Å². The van der Waals surface area contributed by atoms with Gasteiger partial charge >= 0.3 is 5.97 Å². The quantitative estimate of drug-likeness (QED) is 0.224. The molecule has 1 saturated carbocycles. The monoisotopic (exact) mass is 409 g/mol. The molecule has 4 atom stereocenters. The fraction of sp³-hybridized carbons (Fsp3) is 0.833. The third-order valence-electron chi connectivity index (χ3n) is 6.09. The molecule has 1 unspecified atom stereocenters. The summed E-state index contributed by atoms with van der Waals surface area (Å²) in [6, 6.07) is 0. The molecule has 2 N–H and O–H groups in total. The van der Waals surface area contributed by atoms with Gasteiger partial charge in [0.25, 0.3) is 0 Å². The third-order valence-corrected chi connectivity index (χ3v) is 6.09. The average molecular weight is 410 g/mol. The van der Waals surface area contributed by atoms with Gasteiger partial charge in [-0.3, -0.25) is 4.79 Å². The van der Waals surface area contributed by atoms with Crippen molar-refractivity contribution in [2.24, 2.45) is 17.8 Å². The van der Waals surface area contributed by atoms with Crippen molar-refractivity contribution in [2.45, 2.75) is 90.6 Å². The second kappa shape index (κ2) is 15.6. The average Bonchev–Trinajstić information content (AvgIpc) is 3.02. The Morgan fingerprint density at radius 3 is 2.66 bits per heavy atom. The van der Waals surface area contributed by atoms with Crippen LogP contribution in [0.1, 0.15) is 84.5 Å². The highest BCUT2D eigenvalue weighted by molar-refractivity contribution is 5.84. The lowest BCUT2D eigenvalue weighted by molar-refractivity contribution is -0.150. The highest BCUT2D eigenvalue weighted by Gasteiger charge is 2.39. The number of esters is 1. The molecule has 0 heterocycles. The fourth-order valence-corrected chi connectivity index (χ4v) is 4.35. The molecule has 0 aliphatic heterocycles. The number of Topliss-reactive ketones (excluding diaryl/α,β-unsaturated/α-hetero) is 1. The Morgan fingerprint density at radius 2 is 1.97 bits per heavy atom. The van der Waals surface area contributed by atoms with E-state index in [0.717, 1.165) is 45.2 Å². The van der Waals surface area contributed by atoms with E-state index in [-0.39, 0.29) is 5.92 Å². The predicted molar refractivity (Wildman–Crippen MR) is 118 cm³/mol. The summed E-state index contributed by atoms with van der Waals surface area (Å²) in [6.07, 6.45) is 14.4. The summed E-state index contributed by atoms with van der Waals surface area (Å²) >= 11 is 0. The van der Waals surface area contributed by atoms with Crippen LogP contribution in [0.3, 0.4) is 0 Å². The molecule has 1 rings (SSSR count). The zero-order chi connectivity index (χ0) is 21.5. The van der Waals surface area contributed by atoms with Crippen LogP contribution in [0.15, 0.2) is 12.2 Å². The van der Waals surface area contributed by atoms with E-state index in [9.17, 15) is 14.7 Å². The molecule has 168 valence electrons. The first-order valence-corrected chi connectivity index (χ1v) is 11.7. The van der Waals surface area contributed by atoms with Crippen LogP contribution in [0.4, 0.5) is 0 Å². The van der Waals surface area contributed by atoms with Crippen molar-refractivity contribution in [1.29, 1.82) is 0 Å². The van der Waals surface area contributed by atoms with Crippen molar-refractivity contribution < 1.29 is 19.4 Å². The highest BCUT2D eigenvalue weighted by Crippen LogP contribution is 2.38. The standard InChI is InChI=1S/C24H43NO4/c1-4-6-7-8-9-11-14-20-19(18-25-5-2)17-23(27)21(20)15-12-10-13-16-22(26)24(28)29-3/h11,14,19-22,25-26H,4-10,12-13,15-18H2,1-3H3/t19-,20-,21+,22?/m0/s1. The summed E-state index contributed by atoms with van der Waals surface area (Å²) in [5, 5.41) is 13.1. The van der Waals surface area contributed by atoms with E-state index < -0.39 is 12.1 Å². The number of rotatable bonds is 16. The number of carbonyl (C=O) groups is 2. The Morgan fingerprint density at radius 1 is 1.21 bits per heavy atom. The molecule has 0 radical (unpaired) electrons. The second-order valence-electron chi connectivity index (χ2n) is 8.38. The summed E-state index contributed by atoms with van der Waals surface area (Å²) in [5.74, 6) is 0.708. The Bertz CT molecular complexity index is 491. The molecule has 1 fully saturated rings. The molecule has 1 aliphatic rings. The Labute approximate surface area is 177 Å². The largest absolute Gasteiger partial charge is 0.467 e. The molecule has 5 heteroatoms. The smallest absolute Gasteiger partial charge is 0.334 e. The van der Waals surface area contributed by atoms with Gasteiger partial charge in [-0.1, -0.05) is 64.5 Å². The molecular weight excluding hydrogens is 366 g/mol. The molecule has 5 nitrogen and oxygen atoms in total. The maximum atomic E-state index is 12.7. The topological polar surface area (TPSA) is 75.6 Å². The fourth-order valence-electron chi connectivity index (χ4n) is 4.35. The van der Waals surface area contributed by atoms with Crippen molar-refractivity contribution in [3.05, 3.63) is 12.2 Å². The summed E-state index contributed by atoms with van der Waals surface area (Å²) in [4.78, 5) is 23.9. The van der Waals surface area contributed by atoms with E-state index >= 15 is 0 Å². The zero-order valence-electron chi connectivity index (χ0n) is 18.8. The van der Waals surface area contributed by atoms with Crippen molar-refractivity contribution in [1.82, 2.24) is 5.32 Å². The number of ether oxygens (including phenoxy) is 1. The van der Waals surface area contributed by atoms with Gasteiger partial charge in [0.15, 0.2) is 6.10 Å². The second-order valence-corrected chi connectivity index (χ2v) is 8.38. The SMILES string of the molecule is CCCCCCC=C[C@H]1[C@H](CNCC)CC(=O)[C@@H]1CCCCCC(O)C(=O)OC. The van der Waals surface area contributed by atoms with E-state index in [1.165, 1.54) is 32.8 Å². The first kappa shape index (κ1) is 25.8. The van der Waals surface area contributed by atoms with Crippen molar-refractivity contribution >= 4 is 11.8 Å². The minimum Gasteiger partial charge on any atom is -0.467 e. The maximum absolute atomic E-state index is 12.7. The number of nitrogens with one attached hydrogen (secondary N) is 1. The summed E-state index contributed by atoms with van der Waals surface area (Å²) in [5.41, 5.74) is 0.